The molecule has 0 spiro atoms. The van der Waals surface area contributed by atoms with Gasteiger partial charge >= 0.3 is 0 Å². The molecule has 128 valence electrons. The van der Waals surface area contributed by atoms with E-state index in [0.717, 1.165) is 40.3 Å². The standard InChI is InChI=1S/C17H19BrN2O2S2/c1-23-11-16(21)20(9-14-3-2-8-22-14)17-19-15(10-24-17)12-4-6-13(18)7-5-12/h4-7,10,14H,2-3,8-9,11H2,1H3. The van der Waals surface area contributed by atoms with Gasteiger partial charge in [0.15, 0.2) is 5.13 Å². The summed E-state index contributed by atoms with van der Waals surface area (Å²) in [5.41, 5.74) is 1.95. The van der Waals surface area contributed by atoms with Gasteiger partial charge in [-0.3, -0.25) is 9.69 Å². The van der Waals surface area contributed by atoms with Crippen LogP contribution in [0.4, 0.5) is 5.13 Å². The zero-order chi connectivity index (χ0) is 16.9. The Kier molecular flexibility index (Phi) is 6.32. The normalized spacial score (nSPS) is 17.2. The maximum absolute atomic E-state index is 12.5. The molecule has 1 aromatic heterocycles. The molecule has 1 fully saturated rings. The van der Waals surface area contributed by atoms with Gasteiger partial charge in [0, 0.05) is 22.0 Å². The Labute approximate surface area is 158 Å². The fourth-order valence-electron chi connectivity index (χ4n) is 2.62. The van der Waals surface area contributed by atoms with Crippen LogP contribution in [0.5, 0.6) is 0 Å². The summed E-state index contributed by atoms with van der Waals surface area (Å²) >= 11 is 6.49. The van der Waals surface area contributed by atoms with Gasteiger partial charge in [-0.1, -0.05) is 28.1 Å². The highest BCUT2D eigenvalue weighted by Crippen LogP contribution is 2.29. The number of benzene rings is 1. The predicted molar refractivity (Wildman–Crippen MR) is 105 cm³/mol. The zero-order valence-corrected chi connectivity index (χ0v) is 16.6. The SMILES string of the molecule is CSCC(=O)N(CC1CCCO1)c1nc(-c2ccc(Br)cc2)cs1. The van der Waals surface area contributed by atoms with Gasteiger partial charge in [-0.25, -0.2) is 4.98 Å². The topological polar surface area (TPSA) is 42.4 Å². The molecule has 2 aromatic rings. The number of carbonyl (C=O) groups is 1. The molecule has 2 heterocycles. The summed E-state index contributed by atoms with van der Waals surface area (Å²) in [6, 6.07) is 8.04. The van der Waals surface area contributed by atoms with Crippen LogP contribution >= 0.6 is 39.0 Å². The van der Waals surface area contributed by atoms with Crippen molar-refractivity contribution in [2.24, 2.45) is 0 Å². The second-order valence-electron chi connectivity index (χ2n) is 5.59. The lowest BCUT2D eigenvalue weighted by molar-refractivity contribution is -0.116. The summed E-state index contributed by atoms with van der Waals surface area (Å²) in [4.78, 5) is 19.0. The van der Waals surface area contributed by atoms with Crippen LogP contribution in [0.25, 0.3) is 11.3 Å². The highest BCUT2D eigenvalue weighted by molar-refractivity contribution is 9.10. The summed E-state index contributed by atoms with van der Waals surface area (Å²) in [6.45, 7) is 1.38. The van der Waals surface area contributed by atoms with E-state index in [1.807, 2.05) is 35.9 Å². The molecule has 0 bridgehead atoms. The molecule has 0 N–H and O–H groups in total. The van der Waals surface area contributed by atoms with E-state index < -0.39 is 0 Å². The lowest BCUT2D eigenvalue weighted by Gasteiger charge is -2.22. The monoisotopic (exact) mass is 426 g/mol. The summed E-state index contributed by atoms with van der Waals surface area (Å²) in [6.07, 6.45) is 4.14. The van der Waals surface area contributed by atoms with Gasteiger partial charge in [0.2, 0.25) is 5.91 Å². The Hall–Kier alpha value is -0.890. The number of aromatic nitrogens is 1. The molecule has 1 amide bonds. The maximum atomic E-state index is 12.5. The molecule has 1 aliphatic rings. The second-order valence-corrected chi connectivity index (χ2v) is 8.21. The third-order valence-electron chi connectivity index (χ3n) is 3.84. The minimum absolute atomic E-state index is 0.0923. The number of carbonyl (C=O) groups excluding carboxylic acids is 1. The average molecular weight is 427 g/mol. The molecular formula is C17H19BrN2O2S2. The van der Waals surface area contributed by atoms with Crippen LogP contribution in [-0.2, 0) is 9.53 Å². The van der Waals surface area contributed by atoms with Crippen LogP contribution in [0.1, 0.15) is 12.8 Å². The summed E-state index contributed by atoms with van der Waals surface area (Å²) < 4.78 is 6.75. The number of anilines is 1. The molecule has 3 rings (SSSR count). The van der Waals surface area contributed by atoms with E-state index >= 15 is 0 Å². The van der Waals surface area contributed by atoms with Crippen LogP contribution in [0.2, 0.25) is 0 Å². The second kappa shape index (κ2) is 8.47. The van der Waals surface area contributed by atoms with Crippen molar-refractivity contribution in [3.8, 4) is 11.3 Å². The summed E-state index contributed by atoms with van der Waals surface area (Å²) in [7, 11) is 0. The number of hydrogen-bond donors (Lipinski definition) is 0. The fraction of sp³-hybridized carbons (Fsp3) is 0.412. The molecule has 1 saturated heterocycles. The van der Waals surface area contributed by atoms with E-state index in [-0.39, 0.29) is 12.0 Å². The predicted octanol–water partition coefficient (Wildman–Crippen LogP) is 4.45. The number of halogens is 1. The largest absolute Gasteiger partial charge is 0.376 e. The van der Waals surface area contributed by atoms with Crippen molar-refractivity contribution in [1.82, 2.24) is 4.98 Å². The third-order valence-corrected chi connectivity index (χ3v) is 5.77. The number of thioether (sulfide) groups is 1. The Morgan fingerprint density at radius 1 is 1.46 bits per heavy atom. The van der Waals surface area contributed by atoms with E-state index in [4.69, 9.17) is 9.72 Å². The number of hydrogen-bond acceptors (Lipinski definition) is 5. The number of thiazole rings is 1. The number of amides is 1. The fourth-order valence-corrected chi connectivity index (χ4v) is 4.15. The van der Waals surface area contributed by atoms with E-state index in [1.165, 1.54) is 23.1 Å². The van der Waals surface area contributed by atoms with Crippen LogP contribution in [-0.4, -0.2) is 42.2 Å². The quantitative estimate of drug-likeness (QED) is 0.683. The van der Waals surface area contributed by atoms with Gasteiger partial charge in [-0.05, 0) is 31.2 Å². The third kappa shape index (κ3) is 4.39. The lowest BCUT2D eigenvalue weighted by atomic mass is 10.2. The van der Waals surface area contributed by atoms with E-state index in [2.05, 4.69) is 15.9 Å². The smallest absolute Gasteiger partial charge is 0.238 e. The Balaban J connectivity index is 1.81. The zero-order valence-electron chi connectivity index (χ0n) is 13.4. The van der Waals surface area contributed by atoms with Crippen molar-refractivity contribution >= 4 is 50.1 Å². The first-order chi connectivity index (χ1) is 11.7. The highest BCUT2D eigenvalue weighted by atomic mass is 79.9. The van der Waals surface area contributed by atoms with Gasteiger partial charge in [-0.15, -0.1) is 11.3 Å². The van der Waals surface area contributed by atoms with E-state index in [0.29, 0.717) is 12.3 Å². The van der Waals surface area contributed by atoms with Gasteiger partial charge in [0.1, 0.15) is 0 Å². The molecule has 7 heteroatoms. The van der Waals surface area contributed by atoms with Crippen molar-refractivity contribution < 1.29 is 9.53 Å². The Bertz CT molecular complexity index is 684. The van der Waals surface area contributed by atoms with E-state index in [1.54, 1.807) is 4.90 Å². The number of rotatable bonds is 6. The molecular weight excluding hydrogens is 408 g/mol. The first kappa shape index (κ1) is 17.9. The molecule has 0 saturated carbocycles. The maximum Gasteiger partial charge on any atom is 0.238 e. The first-order valence-corrected chi connectivity index (χ1v) is 10.9. The van der Waals surface area contributed by atoms with Crippen LogP contribution in [0, 0.1) is 0 Å². The highest BCUT2D eigenvalue weighted by Gasteiger charge is 2.25. The summed E-state index contributed by atoms with van der Waals surface area (Å²) in [5.74, 6) is 0.551. The Morgan fingerprint density at radius 3 is 2.92 bits per heavy atom. The molecule has 0 radical (unpaired) electrons. The molecule has 4 nitrogen and oxygen atoms in total. The van der Waals surface area contributed by atoms with Crippen LogP contribution in [0.3, 0.4) is 0 Å². The molecule has 0 aliphatic carbocycles. The van der Waals surface area contributed by atoms with Gasteiger partial charge in [-0.2, -0.15) is 11.8 Å². The van der Waals surface area contributed by atoms with Gasteiger partial charge in [0.25, 0.3) is 0 Å². The minimum atomic E-state index is 0.0923. The molecule has 1 atom stereocenters. The van der Waals surface area contributed by atoms with Crippen molar-refractivity contribution in [3.63, 3.8) is 0 Å². The van der Waals surface area contributed by atoms with Crippen LogP contribution < -0.4 is 4.90 Å². The van der Waals surface area contributed by atoms with Crippen molar-refractivity contribution in [2.75, 3.05) is 30.1 Å². The number of ether oxygens (including phenoxy) is 1. The first-order valence-electron chi connectivity index (χ1n) is 7.79. The molecule has 1 aromatic carbocycles. The van der Waals surface area contributed by atoms with Crippen molar-refractivity contribution in [1.29, 1.82) is 0 Å². The van der Waals surface area contributed by atoms with Crippen molar-refractivity contribution in [3.05, 3.63) is 34.1 Å². The Morgan fingerprint density at radius 2 is 2.25 bits per heavy atom. The van der Waals surface area contributed by atoms with E-state index in [9.17, 15) is 4.79 Å². The molecule has 24 heavy (non-hydrogen) atoms. The lowest BCUT2D eigenvalue weighted by Crippen LogP contribution is -2.38. The average Bonchev–Trinajstić information content (AvgIpc) is 3.25. The van der Waals surface area contributed by atoms with Crippen LogP contribution in [0.15, 0.2) is 34.1 Å². The summed E-state index contributed by atoms with van der Waals surface area (Å²) in [5, 5.41) is 2.76. The van der Waals surface area contributed by atoms with Gasteiger partial charge < -0.3 is 4.74 Å². The molecule has 1 aliphatic heterocycles. The minimum Gasteiger partial charge on any atom is -0.376 e. The number of nitrogens with zero attached hydrogens (tertiary/aromatic N) is 2. The molecule has 1 unspecified atom stereocenters. The van der Waals surface area contributed by atoms with Gasteiger partial charge in [0.05, 0.1) is 24.1 Å². The van der Waals surface area contributed by atoms with Crippen molar-refractivity contribution in [2.45, 2.75) is 18.9 Å².